The highest BCUT2D eigenvalue weighted by atomic mass is 19.4. The van der Waals surface area contributed by atoms with Crippen molar-refractivity contribution < 1.29 is 27.8 Å². The minimum absolute atomic E-state index is 0.00650. The van der Waals surface area contributed by atoms with Crippen molar-refractivity contribution in [2.75, 3.05) is 32.2 Å². The van der Waals surface area contributed by atoms with E-state index >= 15 is 0 Å². The number of nitrogens with two attached hydrogens (primary N) is 1. The summed E-state index contributed by atoms with van der Waals surface area (Å²) in [5, 5.41) is 8.92. The number of aliphatic hydroxyl groups is 1. The minimum atomic E-state index is -4.33. The van der Waals surface area contributed by atoms with E-state index in [0.29, 0.717) is 29.2 Å². The molecule has 0 amide bonds. The third-order valence-electron chi connectivity index (χ3n) is 3.02. The van der Waals surface area contributed by atoms with Crippen molar-refractivity contribution >= 4 is 5.69 Å². The number of aliphatic hydroxyl groups excluding tert-OH is 1. The molecular weight excluding hydrogens is 289 g/mol. The van der Waals surface area contributed by atoms with Gasteiger partial charge >= 0.3 is 6.18 Å². The van der Waals surface area contributed by atoms with Crippen LogP contribution in [0.1, 0.15) is 11.1 Å². The standard InChI is InChI=1S/C13H17F3N2O3/c14-13(15,16)7-18(1-2-19)5-9-3-11(17)4-10-6-20-8-21-12(9)10/h3-4,19H,1-2,5-8,17H2. The van der Waals surface area contributed by atoms with Crippen LogP contribution in [-0.4, -0.2) is 42.7 Å². The molecule has 0 spiro atoms. The van der Waals surface area contributed by atoms with Crippen molar-refractivity contribution in [2.45, 2.75) is 19.3 Å². The number of rotatable bonds is 5. The number of fused-ring (bicyclic) bond motifs is 1. The maximum atomic E-state index is 12.6. The number of nitrogen functional groups attached to an aromatic ring is 1. The van der Waals surface area contributed by atoms with E-state index in [1.165, 1.54) is 0 Å². The summed E-state index contributed by atoms with van der Waals surface area (Å²) < 4.78 is 48.2. The average molecular weight is 306 g/mol. The zero-order valence-corrected chi connectivity index (χ0v) is 11.3. The number of halogens is 3. The van der Waals surface area contributed by atoms with E-state index < -0.39 is 12.7 Å². The van der Waals surface area contributed by atoms with Gasteiger partial charge in [-0.05, 0) is 12.1 Å². The average Bonchev–Trinajstić information content (AvgIpc) is 2.36. The van der Waals surface area contributed by atoms with Crippen LogP contribution < -0.4 is 10.5 Å². The number of ether oxygens (including phenoxy) is 2. The first kappa shape index (κ1) is 15.9. The van der Waals surface area contributed by atoms with Gasteiger partial charge in [-0.25, -0.2) is 0 Å². The van der Waals surface area contributed by atoms with Gasteiger partial charge in [0.15, 0.2) is 6.79 Å². The van der Waals surface area contributed by atoms with Crippen molar-refractivity contribution in [3.8, 4) is 5.75 Å². The van der Waals surface area contributed by atoms with E-state index in [-0.39, 0.29) is 26.5 Å². The topological polar surface area (TPSA) is 68.0 Å². The molecule has 5 nitrogen and oxygen atoms in total. The summed E-state index contributed by atoms with van der Waals surface area (Å²) in [6.07, 6.45) is -4.33. The van der Waals surface area contributed by atoms with Gasteiger partial charge < -0.3 is 20.3 Å². The lowest BCUT2D eigenvalue weighted by Gasteiger charge is -2.26. The second-order valence-electron chi connectivity index (χ2n) is 4.83. The Morgan fingerprint density at radius 1 is 1.33 bits per heavy atom. The first-order chi connectivity index (χ1) is 9.89. The lowest BCUT2D eigenvalue weighted by Crippen LogP contribution is -2.36. The second-order valence-corrected chi connectivity index (χ2v) is 4.83. The zero-order chi connectivity index (χ0) is 15.5. The van der Waals surface area contributed by atoms with Crippen molar-refractivity contribution in [1.29, 1.82) is 0 Å². The Morgan fingerprint density at radius 3 is 2.76 bits per heavy atom. The highest BCUT2D eigenvalue weighted by Crippen LogP contribution is 2.32. The van der Waals surface area contributed by atoms with Crippen LogP contribution >= 0.6 is 0 Å². The van der Waals surface area contributed by atoms with Crippen LogP contribution in [0.3, 0.4) is 0 Å². The number of hydrogen-bond donors (Lipinski definition) is 2. The van der Waals surface area contributed by atoms with Crippen molar-refractivity contribution in [3.05, 3.63) is 23.3 Å². The van der Waals surface area contributed by atoms with Gasteiger partial charge in [0.25, 0.3) is 0 Å². The molecule has 3 N–H and O–H groups in total. The van der Waals surface area contributed by atoms with Crippen LogP contribution in [-0.2, 0) is 17.9 Å². The molecule has 0 bridgehead atoms. The number of alkyl halides is 3. The lowest BCUT2D eigenvalue weighted by molar-refractivity contribution is -0.148. The Bertz CT molecular complexity index is 494. The fourth-order valence-corrected chi connectivity index (χ4v) is 2.29. The molecular formula is C13H17F3N2O3. The smallest absolute Gasteiger partial charge is 0.401 e. The molecule has 0 unspecified atom stereocenters. The van der Waals surface area contributed by atoms with E-state index in [1.54, 1.807) is 12.1 Å². The number of anilines is 1. The van der Waals surface area contributed by atoms with E-state index in [1.807, 2.05) is 0 Å². The minimum Gasteiger partial charge on any atom is -0.467 e. The molecule has 1 heterocycles. The Balaban J connectivity index is 2.21. The molecule has 1 aliphatic rings. The first-order valence-corrected chi connectivity index (χ1v) is 6.41. The highest BCUT2D eigenvalue weighted by Gasteiger charge is 2.31. The number of benzene rings is 1. The fraction of sp³-hybridized carbons (Fsp3) is 0.538. The van der Waals surface area contributed by atoms with Crippen LogP contribution in [0, 0.1) is 0 Å². The van der Waals surface area contributed by atoms with Gasteiger partial charge in [-0.3, -0.25) is 4.90 Å². The first-order valence-electron chi connectivity index (χ1n) is 6.41. The van der Waals surface area contributed by atoms with E-state index in [2.05, 4.69) is 0 Å². The van der Waals surface area contributed by atoms with Crippen molar-refractivity contribution in [2.24, 2.45) is 0 Å². The molecule has 1 aliphatic heterocycles. The highest BCUT2D eigenvalue weighted by molar-refractivity contribution is 5.53. The summed E-state index contributed by atoms with van der Waals surface area (Å²) >= 11 is 0. The van der Waals surface area contributed by atoms with Crippen molar-refractivity contribution in [1.82, 2.24) is 4.90 Å². The van der Waals surface area contributed by atoms with E-state index in [9.17, 15) is 13.2 Å². The van der Waals surface area contributed by atoms with Gasteiger partial charge in [-0.15, -0.1) is 0 Å². The zero-order valence-electron chi connectivity index (χ0n) is 11.3. The number of hydrogen-bond acceptors (Lipinski definition) is 5. The van der Waals surface area contributed by atoms with Gasteiger partial charge in [0.05, 0.1) is 19.8 Å². The second kappa shape index (κ2) is 6.50. The SMILES string of the molecule is Nc1cc2c(c(CN(CCO)CC(F)(F)F)c1)OCOC2. The summed E-state index contributed by atoms with van der Waals surface area (Å²) in [7, 11) is 0. The largest absolute Gasteiger partial charge is 0.467 e. The van der Waals surface area contributed by atoms with Crippen LogP contribution in [0.2, 0.25) is 0 Å². The predicted octanol–water partition coefficient (Wildman–Crippen LogP) is 1.49. The Labute approximate surface area is 120 Å². The molecule has 1 aromatic rings. The molecule has 1 aromatic carbocycles. The van der Waals surface area contributed by atoms with Gasteiger partial charge in [0.1, 0.15) is 5.75 Å². The summed E-state index contributed by atoms with van der Waals surface area (Å²) in [4.78, 5) is 1.11. The maximum absolute atomic E-state index is 12.6. The van der Waals surface area contributed by atoms with Gasteiger partial charge in [0.2, 0.25) is 0 Å². The summed E-state index contributed by atoms with van der Waals surface area (Å²) in [6.45, 7) is -1.18. The third-order valence-corrected chi connectivity index (χ3v) is 3.02. The normalized spacial score (nSPS) is 14.9. The van der Waals surface area contributed by atoms with Gasteiger partial charge in [-0.2, -0.15) is 13.2 Å². The van der Waals surface area contributed by atoms with Gasteiger partial charge in [-0.1, -0.05) is 0 Å². The summed E-state index contributed by atoms with van der Waals surface area (Å²) in [5.41, 5.74) is 7.47. The molecule has 0 aromatic heterocycles. The van der Waals surface area contributed by atoms with Crippen LogP contribution in [0.25, 0.3) is 0 Å². The lowest BCUT2D eigenvalue weighted by atomic mass is 10.1. The third kappa shape index (κ3) is 4.48. The predicted molar refractivity (Wildman–Crippen MR) is 69.6 cm³/mol. The quantitative estimate of drug-likeness (QED) is 0.807. The van der Waals surface area contributed by atoms with Crippen LogP contribution in [0.15, 0.2) is 12.1 Å². The summed E-state index contributed by atoms with van der Waals surface area (Å²) in [5.74, 6) is 0.514. The van der Waals surface area contributed by atoms with Gasteiger partial charge in [0, 0.05) is 29.9 Å². The molecule has 0 atom stereocenters. The van der Waals surface area contributed by atoms with Crippen molar-refractivity contribution in [3.63, 3.8) is 0 Å². The molecule has 2 rings (SSSR count). The van der Waals surface area contributed by atoms with E-state index in [4.69, 9.17) is 20.3 Å². The maximum Gasteiger partial charge on any atom is 0.401 e. The molecule has 118 valence electrons. The monoisotopic (exact) mass is 306 g/mol. The van der Waals surface area contributed by atoms with Crippen LogP contribution in [0.5, 0.6) is 5.75 Å². The summed E-state index contributed by atoms with van der Waals surface area (Å²) in [6, 6.07) is 3.27. The Kier molecular flexibility index (Phi) is 4.92. The Hall–Kier alpha value is -1.51. The van der Waals surface area contributed by atoms with Crippen LogP contribution in [0.4, 0.5) is 18.9 Å². The van der Waals surface area contributed by atoms with E-state index in [0.717, 1.165) is 4.90 Å². The fourth-order valence-electron chi connectivity index (χ4n) is 2.29. The molecule has 21 heavy (non-hydrogen) atoms. The molecule has 0 saturated heterocycles. The Morgan fingerprint density at radius 2 is 2.10 bits per heavy atom. The molecule has 0 fully saturated rings. The molecule has 0 aliphatic carbocycles. The molecule has 8 heteroatoms. The molecule has 0 saturated carbocycles. The number of nitrogens with zero attached hydrogens (tertiary/aromatic N) is 1. The molecule has 0 radical (unpaired) electrons.